The molecule has 1 amide bonds. The van der Waals surface area contributed by atoms with Crippen molar-refractivity contribution in [3.8, 4) is 5.75 Å². The molecule has 29 heavy (non-hydrogen) atoms. The van der Waals surface area contributed by atoms with E-state index in [0.29, 0.717) is 24.5 Å². The van der Waals surface area contributed by atoms with Gasteiger partial charge in [-0.2, -0.15) is 4.31 Å². The fourth-order valence-corrected chi connectivity index (χ4v) is 4.37. The average Bonchev–Trinajstić information content (AvgIpc) is 2.73. The molecule has 0 aromatic heterocycles. The molecule has 1 atom stereocenters. The third-order valence-electron chi connectivity index (χ3n) is 4.65. The van der Waals surface area contributed by atoms with Crippen LogP contribution < -0.4 is 15.4 Å². The van der Waals surface area contributed by atoms with Gasteiger partial charge in [0.05, 0.1) is 18.6 Å². The average molecular weight is 420 g/mol. The van der Waals surface area contributed by atoms with Gasteiger partial charge in [0.2, 0.25) is 15.9 Å². The number of sulfonamides is 1. The van der Waals surface area contributed by atoms with Crippen LogP contribution in [0.2, 0.25) is 0 Å². The highest BCUT2D eigenvalue weighted by molar-refractivity contribution is 7.89. The van der Waals surface area contributed by atoms with E-state index in [2.05, 4.69) is 10.6 Å². The normalized spacial score (nSPS) is 12.6. The van der Waals surface area contributed by atoms with E-state index in [-0.39, 0.29) is 23.4 Å². The van der Waals surface area contributed by atoms with Gasteiger partial charge in [-0.1, -0.05) is 32.0 Å². The number of carbonyl (C=O) groups is 1. The van der Waals surface area contributed by atoms with E-state index in [1.807, 2.05) is 20.8 Å². The third kappa shape index (κ3) is 6.03. The van der Waals surface area contributed by atoms with Crippen LogP contribution in [0, 0.1) is 0 Å². The number of hydrogen-bond donors (Lipinski definition) is 2. The van der Waals surface area contributed by atoms with E-state index in [0.717, 1.165) is 5.56 Å². The van der Waals surface area contributed by atoms with Crippen LogP contribution in [0.1, 0.15) is 32.4 Å². The molecule has 0 aliphatic carbocycles. The van der Waals surface area contributed by atoms with Crippen LogP contribution >= 0.6 is 0 Å². The summed E-state index contributed by atoms with van der Waals surface area (Å²) < 4.78 is 31.7. The molecule has 2 rings (SSSR count). The minimum atomic E-state index is -3.47. The maximum Gasteiger partial charge on any atom is 0.243 e. The minimum absolute atomic E-state index is 0.115. The molecule has 0 aliphatic heterocycles. The van der Waals surface area contributed by atoms with Crippen molar-refractivity contribution < 1.29 is 17.9 Å². The van der Waals surface area contributed by atoms with Gasteiger partial charge in [0.25, 0.3) is 0 Å². The zero-order valence-corrected chi connectivity index (χ0v) is 18.1. The Morgan fingerprint density at radius 3 is 2.34 bits per heavy atom. The molecule has 0 fully saturated rings. The highest BCUT2D eigenvalue weighted by atomic mass is 32.2. The predicted octanol–water partition coefficient (Wildman–Crippen LogP) is 3.02. The van der Waals surface area contributed by atoms with Gasteiger partial charge in [0, 0.05) is 30.9 Å². The molecule has 0 saturated carbocycles. The number of ether oxygens (including phenoxy) is 1. The summed E-state index contributed by atoms with van der Waals surface area (Å²) in [6, 6.07) is 13.8. The smallest absolute Gasteiger partial charge is 0.243 e. The quantitative estimate of drug-likeness (QED) is 0.618. The van der Waals surface area contributed by atoms with E-state index < -0.39 is 10.0 Å². The van der Waals surface area contributed by atoms with Crippen molar-refractivity contribution in [3.05, 3.63) is 54.1 Å². The van der Waals surface area contributed by atoms with Crippen molar-refractivity contribution in [1.82, 2.24) is 9.62 Å². The second kappa shape index (κ2) is 10.4. The summed E-state index contributed by atoms with van der Waals surface area (Å²) >= 11 is 0. The fraction of sp³-hybridized carbons (Fsp3) is 0.381. The van der Waals surface area contributed by atoms with Crippen LogP contribution in [0.25, 0.3) is 0 Å². The lowest BCUT2D eigenvalue weighted by Gasteiger charge is -2.19. The second-order valence-corrected chi connectivity index (χ2v) is 8.48. The summed E-state index contributed by atoms with van der Waals surface area (Å²) in [5.41, 5.74) is 1.56. The molecular weight excluding hydrogens is 390 g/mol. The largest absolute Gasteiger partial charge is 0.497 e. The van der Waals surface area contributed by atoms with Gasteiger partial charge in [0.15, 0.2) is 0 Å². The monoisotopic (exact) mass is 419 g/mol. The van der Waals surface area contributed by atoms with E-state index in [1.165, 1.54) is 4.31 Å². The van der Waals surface area contributed by atoms with Gasteiger partial charge in [0.1, 0.15) is 5.75 Å². The lowest BCUT2D eigenvalue weighted by Crippen LogP contribution is -2.31. The lowest BCUT2D eigenvalue weighted by molar-refractivity contribution is -0.115. The maximum atomic E-state index is 12.6. The van der Waals surface area contributed by atoms with E-state index in [4.69, 9.17) is 4.74 Å². The zero-order chi connectivity index (χ0) is 21.4. The summed E-state index contributed by atoms with van der Waals surface area (Å²) in [6.07, 6.45) is 0. The van der Waals surface area contributed by atoms with Crippen LogP contribution in [-0.4, -0.2) is 45.4 Å². The SMILES string of the molecule is CCN(CC)S(=O)(=O)c1ccc([C@H](C)NCC(=O)Nc2cccc(OC)c2)cc1. The molecule has 8 heteroatoms. The second-order valence-electron chi connectivity index (χ2n) is 6.54. The number of benzene rings is 2. The molecule has 0 bridgehead atoms. The third-order valence-corrected chi connectivity index (χ3v) is 6.71. The van der Waals surface area contributed by atoms with Gasteiger partial charge in [-0.05, 0) is 36.8 Å². The molecule has 0 spiro atoms. The summed E-state index contributed by atoms with van der Waals surface area (Å²) in [4.78, 5) is 12.4. The van der Waals surface area contributed by atoms with Crippen molar-refractivity contribution in [1.29, 1.82) is 0 Å². The molecule has 158 valence electrons. The lowest BCUT2D eigenvalue weighted by atomic mass is 10.1. The summed E-state index contributed by atoms with van der Waals surface area (Å²) in [6.45, 7) is 6.54. The summed E-state index contributed by atoms with van der Waals surface area (Å²) in [5, 5.41) is 5.96. The topological polar surface area (TPSA) is 87.7 Å². The van der Waals surface area contributed by atoms with Gasteiger partial charge < -0.3 is 15.4 Å². The van der Waals surface area contributed by atoms with Crippen LogP contribution in [0.5, 0.6) is 5.75 Å². The number of carbonyl (C=O) groups excluding carboxylic acids is 1. The van der Waals surface area contributed by atoms with Gasteiger partial charge in [-0.15, -0.1) is 0 Å². The molecule has 0 aliphatic rings. The Bertz CT molecular complexity index is 910. The van der Waals surface area contributed by atoms with E-state index in [1.54, 1.807) is 55.6 Å². The Hall–Kier alpha value is -2.42. The molecule has 2 aromatic carbocycles. The van der Waals surface area contributed by atoms with Crippen LogP contribution in [0.15, 0.2) is 53.4 Å². The molecule has 2 aromatic rings. The van der Waals surface area contributed by atoms with Crippen LogP contribution in [-0.2, 0) is 14.8 Å². The predicted molar refractivity (Wildman–Crippen MR) is 115 cm³/mol. The highest BCUT2D eigenvalue weighted by Gasteiger charge is 2.21. The Kier molecular flexibility index (Phi) is 8.19. The number of amides is 1. The zero-order valence-electron chi connectivity index (χ0n) is 17.3. The van der Waals surface area contributed by atoms with Crippen LogP contribution in [0.3, 0.4) is 0 Å². The number of nitrogens with one attached hydrogen (secondary N) is 2. The first-order chi connectivity index (χ1) is 13.8. The maximum absolute atomic E-state index is 12.6. The first-order valence-electron chi connectivity index (χ1n) is 9.59. The molecule has 0 saturated heterocycles. The van der Waals surface area contributed by atoms with Crippen molar-refractivity contribution >= 4 is 21.6 Å². The molecule has 0 unspecified atom stereocenters. The molecular formula is C21H29N3O4S. The van der Waals surface area contributed by atoms with Gasteiger partial charge in [-0.3, -0.25) is 4.79 Å². The Morgan fingerprint density at radius 1 is 1.10 bits per heavy atom. The Morgan fingerprint density at radius 2 is 1.76 bits per heavy atom. The van der Waals surface area contributed by atoms with Crippen molar-refractivity contribution in [2.24, 2.45) is 0 Å². The first-order valence-corrected chi connectivity index (χ1v) is 11.0. The highest BCUT2D eigenvalue weighted by Crippen LogP contribution is 2.20. The molecule has 2 N–H and O–H groups in total. The number of rotatable bonds is 10. The van der Waals surface area contributed by atoms with Gasteiger partial charge in [-0.25, -0.2) is 8.42 Å². The van der Waals surface area contributed by atoms with Crippen molar-refractivity contribution in [3.63, 3.8) is 0 Å². The van der Waals surface area contributed by atoms with E-state index in [9.17, 15) is 13.2 Å². The van der Waals surface area contributed by atoms with Crippen molar-refractivity contribution in [2.75, 3.05) is 32.1 Å². The molecule has 0 heterocycles. The summed E-state index contributed by atoms with van der Waals surface area (Å²) in [7, 11) is -1.90. The fourth-order valence-electron chi connectivity index (χ4n) is 2.91. The minimum Gasteiger partial charge on any atom is -0.497 e. The Labute approximate surface area is 173 Å². The van der Waals surface area contributed by atoms with Gasteiger partial charge >= 0.3 is 0 Å². The van der Waals surface area contributed by atoms with E-state index >= 15 is 0 Å². The standard InChI is InChI=1S/C21H29N3O4S/c1-5-24(6-2)29(26,27)20-12-10-17(11-13-20)16(3)22-15-21(25)23-18-8-7-9-19(14-18)28-4/h7-14,16,22H,5-6,15H2,1-4H3,(H,23,25)/t16-/m0/s1. The molecule has 7 nitrogen and oxygen atoms in total. The number of nitrogens with zero attached hydrogens (tertiary/aromatic N) is 1. The number of anilines is 1. The van der Waals surface area contributed by atoms with Crippen LogP contribution in [0.4, 0.5) is 5.69 Å². The van der Waals surface area contributed by atoms with Crippen molar-refractivity contribution in [2.45, 2.75) is 31.7 Å². The number of methoxy groups -OCH3 is 1. The Balaban J connectivity index is 1.95. The number of hydrogen-bond acceptors (Lipinski definition) is 5. The molecule has 0 radical (unpaired) electrons. The first kappa shape index (κ1) is 22.9. The summed E-state index contributed by atoms with van der Waals surface area (Å²) in [5.74, 6) is 0.495.